The Balaban J connectivity index is 1.59. The molecule has 0 bridgehead atoms. The fourth-order valence-electron chi connectivity index (χ4n) is 3.24. The van der Waals surface area contributed by atoms with Gasteiger partial charge in [-0.1, -0.05) is 23.8 Å². The molecular formula is C19H26N2O2. The van der Waals surface area contributed by atoms with Crippen molar-refractivity contribution in [1.29, 1.82) is 0 Å². The minimum atomic E-state index is 0.180. The highest BCUT2D eigenvalue weighted by molar-refractivity contribution is 5.82. The molecule has 0 spiro atoms. The van der Waals surface area contributed by atoms with E-state index in [1.54, 1.807) is 0 Å². The first-order chi connectivity index (χ1) is 11.0. The molecule has 2 fully saturated rings. The van der Waals surface area contributed by atoms with Crippen LogP contribution in [0.5, 0.6) is 0 Å². The Morgan fingerprint density at radius 2 is 1.74 bits per heavy atom. The SMILES string of the molecule is Cc1ccc(C)c(CC(=O)N2CCCN(C(=O)C3CC3)CC2)c1. The highest BCUT2D eigenvalue weighted by Crippen LogP contribution is 2.31. The first-order valence-electron chi connectivity index (χ1n) is 8.67. The molecule has 1 aromatic rings. The molecule has 1 aromatic carbocycles. The quantitative estimate of drug-likeness (QED) is 0.859. The summed E-state index contributed by atoms with van der Waals surface area (Å²) < 4.78 is 0. The third kappa shape index (κ3) is 3.92. The number of hydrogen-bond donors (Lipinski definition) is 0. The molecule has 2 aliphatic rings. The van der Waals surface area contributed by atoms with E-state index in [0.29, 0.717) is 25.4 Å². The van der Waals surface area contributed by atoms with E-state index < -0.39 is 0 Å². The number of aryl methyl sites for hydroxylation is 2. The van der Waals surface area contributed by atoms with Crippen LogP contribution in [0.2, 0.25) is 0 Å². The van der Waals surface area contributed by atoms with Crippen molar-refractivity contribution < 1.29 is 9.59 Å². The van der Waals surface area contributed by atoms with E-state index in [1.165, 1.54) is 11.1 Å². The number of hydrogen-bond acceptors (Lipinski definition) is 2. The predicted molar refractivity (Wildman–Crippen MR) is 90.1 cm³/mol. The maximum Gasteiger partial charge on any atom is 0.227 e. The third-order valence-electron chi connectivity index (χ3n) is 4.93. The van der Waals surface area contributed by atoms with Crippen molar-refractivity contribution in [1.82, 2.24) is 9.80 Å². The Morgan fingerprint density at radius 3 is 2.48 bits per heavy atom. The van der Waals surface area contributed by atoms with Gasteiger partial charge >= 0.3 is 0 Å². The summed E-state index contributed by atoms with van der Waals surface area (Å²) in [6, 6.07) is 6.26. The average Bonchev–Trinajstić information content (AvgIpc) is 3.36. The van der Waals surface area contributed by atoms with E-state index >= 15 is 0 Å². The molecule has 3 rings (SSSR count). The molecule has 0 unspecified atom stereocenters. The number of nitrogens with zero attached hydrogens (tertiary/aromatic N) is 2. The molecule has 1 saturated carbocycles. The normalized spacial score (nSPS) is 18.7. The van der Waals surface area contributed by atoms with Gasteiger partial charge in [-0.05, 0) is 44.2 Å². The molecule has 0 N–H and O–H groups in total. The molecule has 124 valence electrons. The van der Waals surface area contributed by atoms with Gasteiger partial charge in [-0.3, -0.25) is 9.59 Å². The zero-order valence-corrected chi connectivity index (χ0v) is 14.2. The van der Waals surface area contributed by atoms with E-state index in [4.69, 9.17) is 0 Å². The van der Waals surface area contributed by atoms with E-state index in [1.807, 2.05) is 9.80 Å². The van der Waals surface area contributed by atoms with Gasteiger partial charge in [0.2, 0.25) is 11.8 Å². The van der Waals surface area contributed by atoms with Crippen molar-refractivity contribution >= 4 is 11.8 Å². The van der Waals surface area contributed by atoms with Crippen molar-refractivity contribution in [3.05, 3.63) is 34.9 Å². The second kappa shape index (κ2) is 6.73. The Labute approximate surface area is 138 Å². The van der Waals surface area contributed by atoms with Crippen LogP contribution in [0.1, 0.15) is 36.0 Å². The van der Waals surface area contributed by atoms with Gasteiger partial charge < -0.3 is 9.80 Å². The second-order valence-corrected chi connectivity index (χ2v) is 6.94. The predicted octanol–water partition coefficient (Wildman–Crippen LogP) is 2.32. The van der Waals surface area contributed by atoms with Crippen LogP contribution in [0.15, 0.2) is 18.2 Å². The van der Waals surface area contributed by atoms with Gasteiger partial charge in [0.05, 0.1) is 6.42 Å². The van der Waals surface area contributed by atoms with Gasteiger partial charge in [-0.25, -0.2) is 0 Å². The molecule has 0 atom stereocenters. The molecule has 2 amide bonds. The molecule has 1 saturated heterocycles. The number of benzene rings is 1. The van der Waals surface area contributed by atoms with Crippen LogP contribution in [0.3, 0.4) is 0 Å². The summed E-state index contributed by atoms with van der Waals surface area (Å²) in [7, 11) is 0. The van der Waals surface area contributed by atoms with Gasteiger partial charge in [-0.15, -0.1) is 0 Å². The van der Waals surface area contributed by atoms with Gasteiger partial charge in [0.1, 0.15) is 0 Å². The Kier molecular flexibility index (Phi) is 4.69. The summed E-state index contributed by atoms with van der Waals surface area (Å²) in [6.45, 7) is 7.03. The summed E-state index contributed by atoms with van der Waals surface area (Å²) in [5.74, 6) is 0.750. The lowest BCUT2D eigenvalue weighted by Crippen LogP contribution is -2.38. The highest BCUT2D eigenvalue weighted by atomic mass is 16.2. The first kappa shape index (κ1) is 16.0. The van der Waals surface area contributed by atoms with Crippen LogP contribution in [-0.4, -0.2) is 47.8 Å². The van der Waals surface area contributed by atoms with Gasteiger partial charge in [0, 0.05) is 32.1 Å². The van der Waals surface area contributed by atoms with Crippen LogP contribution in [-0.2, 0) is 16.0 Å². The Bertz CT molecular complexity index is 607. The van der Waals surface area contributed by atoms with E-state index in [0.717, 1.165) is 37.9 Å². The van der Waals surface area contributed by atoms with E-state index in [-0.39, 0.29) is 11.8 Å². The fraction of sp³-hybridized carbons (Fsp3) is 0.579. The third-order valence-corrected chi connectivity index (χ3v) is 4.93. The Hall–Kier alpha value is -1.84. The van der Waals surface area contributed by atoms with Crippen molar-refractivity contribution in [2.75, 3.05) is 26.2 Å². The van der Waals surface area contributed by atoms with E-state index in [9.17, 15) is 9.59 Å². The summed E-state index contributed by atoms with van der Waals surface area (Å²) in [6.07, 6.45) is 3.44. The standard InChI is InChI=1S/C19H26N2O2/c1-14-4-5-15(2)17(12-14)13-18(22)20-8-3-9-21(11-10-20)19(23)16-6-7-16/h4-5,12,16H,3,6-11,13H2,1-2H3. The molecule has 1 aliphatic heterocycles. The Morgan fingerprint density at radius 1 is 1.04 bits per heavy atom. The first-order valence-corrected chi connectivity index (χ1v) is 8.67. The second-order valence-electron chi connectivity index (χ2n) is 6.94. The molecule has 23 heavy (non-hydrogen) atoms. The molecular weight excluding hydrogens is 288 g/mol. The lowest BCUT2D eigenvalue weighted by atomic mass is 10.0. The molecule has 0 radical (unpaired) electrons. The smallest absolute Gasteiger partial charge is 0.227 e. The number of rotatable bonds is 3. The summed E-state index contributed by atoms with van der Waals surface area (Å²) in [5.41, 5.74) is 3.48. The van der Waals surface area contributed by atoms with Crippen molar-refractivity contribution in [2.45, 2.75) is 39.5 Å². The van der Waals surface area contributed by atoms with Crippen LogP contribution >= 0.6 is 0 Å². The van der Waals surface area contributed by atoms with Crippen LogP contribution in [0.25, 0.3) is 0 Å². The van der Waals surface area contributed by atoms with Gasteiger partial charge in [0.15, 0.2) is 0 Å². The number of carbonyl (C=O) groups excluding carboxylic acids is 2. The minimum absolute atomic E-state index is 0.180. The maximum absolute atomic E-state index is 12.6. The van der Waals surface area contributed by atoms with Crippen molar-refractivity contribution in [3.63, 3.8) is 0 Å². The summed E-state index contributed by atoms with van der Waals surface area (Å²) in [5, 5.41) is 0. The van der Waals surface area contributed by atoms with Gasteiger partial charge in [-0.2, -0.15) is 0 Å². The average molecular weight is 314 g/mol. The molecule has 4 heteroatoms. The minimum Gasteiger partial charge on any atom is -0.341 e. The van der Waals surface area contributed by atoms with Crippen LogP contribution in [0, 0.1) is 19.8 Å². The number of carbonyl (C=O) groups is 2. The highest BCUT2D eigenvalue weighted by Gasteiger charge is 2.34. The fourth-order valence-corrected chi connectivity index (χ4v) is 3.24. The van der Waals surface area contributed by atoms with Crippen molar-refractivity contribution in [3.8, 4) is 0 Å². The lowest BCUT2D eigenvalue weighted by Gasteiger charge is -2.22. The van der Waals surface area contributed by atoms with Crippen LogP contribution < -0.4 is 0 Å². The zero-order chi connectivity index (χ0) is 16.4. The summed E-state index contributed by atoms with van der Waals surface area (Å²) in [4.78, 5) is 28.7. The molecule has 1 heterocycles. The molecule has 0 aromatic heterocycles. The number of amides is 2. The van der Waals surface area contributed by atoms with Gasteiger partial charge in [0.25, 0.3) is 0 Å². The molecule has 4 nitrogen and oxygen atoms in total. The largest absolute Gasteiger partial charge is 0.341 e. The monoisotopic (exact) mass is 314 g/mol. The van der Waals surface area contributed by atoms with Crippen molar-refractivity contribution in [2.24, 2.45) is 5.92 Å². The summed E-state index contributed by atoms with van der Waals surface area (Å²) >= 11 is 0. The van der Waals surface area contributed by atoms with Crippen LogP contribution in [0.4, 0.5) is 0 Å². The maximum atomic E-state index is 12.6. The zero-order valence-electron chi connectivity index (χ0n) is 14.2. The lowest BCUT2D eigenvalue weighted by molar-refractivity contribution is -0.134. The van der Waals surface area contributed by atoms with E-state index in [2.05, 4.69) is 32.0 Å². The molecule has 1 aliphatic carbocycles. The topological polar surface area (TPSA) is 40.6 Å².